The van der Waals surface area contributed by atoms with Gasteiger partial charge in [-0.2, -0.15) is 0 Å². The maximum Gasteiger partial charge on any atom is 0.274 e. The molecule has 0 saturated carbocycles. The number of amides is 2. The lowest BCUT2D eigenvalue weighted by Gasteiger charge is -2.32. The molecule has 1 aliphatic heterocycles. The van der Waals surface area contributed by atoms with Gasteiger partial charge in [-0.15, -0.1) is 0 Å². The van der Waals surface area contributed by atoms with Crippen molar-refractivity contribution in [3.63, 3.8) is 0 Å². The van der Waals surface area contributed by atoms with E-state index < -0.39 is 0 Å². The predicted octanol–water partition coefficient (Wildman–Crippen LogP) is 2.80. The van der Waals surface area contributed by atoms with E-state index in [2.05, 4.69) is 21.4 Å². The summed E-state index contributed by atoms with van der Waals surface area (Å²) in [6, 6.07) is 4.13. The number of rotatable bonds is 4. The maximum atomic E-state index is 12.6. The largest absolute Gasteiger partial charge is 0.464 e. The van der Waals surface area contributed by atoms with E-state index >= 15 is 0 Å². The van der Waals surface area contributed by atoms with Gasteiger partial charge >= 0.3 is 0 Å². The maximum absolute atomic E-state index is 12.6. The van der Waals surface area contributed by atoms with Crippen molar-refractivity contribution >= 4 is 22.8 Å². The first kappa shape index (κ1) is 19.1. The Morgan fingerprint density at radius 3 is 2.72 bits per heavy atom. The van der Waals surface area contributed by atoms with Crippen molar-refractivity contribution in [3.8, 4) is 0 Å². The monoisotopic (exact) mass is 392 g/mol. The second kappa shape index (κ2) is 8.03. The summed E-state index contributed by atoms with van der Waals surface area (Å²) in [5.74, 6) is -0.136. The first-order valence-corrected chi connectivity index (χ1v) is 9.84. The lowest BCUT2D eigenvalue weighted by Crippen LogP contribution is -2.47. The van der Waals surface area contributed by atoms with Crippen LogP contribution in [0.15, 0.2) is 41.4 Å². The fourth-order valence-corrected chi connectivity index (χ4v) is 3.78. The van der Waals surface area contributed by atoms with Crippen LogP contribution in [0.4, 0.5) is 0 Å². The molecule has 0 unspecified atom stereocenters. The molecule has 2 amide bonds. The first-order valence-electron chi connectivity index (χ1n) is 9.84. The molecule has 0 spiro atoms. The molecule has 4 rings (SSSR count). The van der Waals surface area contributed by atoms with E-state index in [4.69, 9.17) is 4.42 Å². The number of carbonyl (C=O) groups excluding carboxylic acids is 2. The van der Waals surface area contributed by atoms with Gasteiger partial charge < -0.3 is 14.6 Å². The van der Waals surface area contributed by atoms with Gasteiger partial charge in [0.25, 0.3) is 5.91 Å². The quantitative estimate of drug-likeness (QED) is 0.738. The molecule has 3 heterocycles. The molecule has 0 radical (unpaired) electrons. The summed E-state index contributed by atoms with van der Waals surface area (Å²) in [5, 5.41) is 4.09. The molecule has 0 atom stereocenters. The van der Waals surface area contributed by atoms with Gasteiger partial charge in [0, 0.05) is 42.5 Å². The van der Waals surface area contributed by atoms with Crippen molar-refractivity contribution in [2.45, 2.75) is 39.2 Å². The molecule has 3 aromatic rings. The van der Waals surface area contributed by atoms with Crippen molar-refractivity contribution in [2.75, 3.05) is 13.1 Å². The molecular formula is C22H24N4O3. The smallest absolute Gasteiger partial charge is 0.274 e. The molecular weight excluding hydrogens is 368 g/mol. The number of fused-ring (bicyclic) bond motifs is 1. The van der Waals surface area contributed by atoms with Crippen LogP contribution in [0.1, 0.15) is 40.0 Å². The Hall–Kier alpha value is -3.22. The number of nitrogens with one attached hydrogen (secondary N) is 1. The highest BCUT2D eigenvalue weighted by atomic mass is 16.3. The average Bonchev–Trinajstić information content (AvgIpc) is 3.14. The highest BCUT2D eigenvalue weighted by Gasteiger charge is 2.25. The second-order valence-corrected chi connectivity index (χ2v) is 7.55. The standard InChI is InChI=1S/C22H24N4O3/c1-14-3-4-18-16(13-29-21(18)15(14)2)11-20(27)25-17-5-9-26(10-6-17)22(28)19-12-23-7-8-24-19/h3-4,7-8,12-13,17H,5-6,9-11H2,1-2H3,(H,25,27). The van der Waals surface area contributed by atoms with Crippen molar-refractivity contribution < 1.29 is 14.0 Å². The van der Waals surface area contributed by atoms with Gasteiger partial charge in [0.05, 0.1) is 18.9 Å². The summed E-state index contributed by atoms with van der Waals surface area (Å²) < 4.78 is 5.70. The summed E-state index contributed by atoms with van der Waals surface area (Å²) in [4.78, 5) is 34.8. The van der Waals surface area contributed by atoms with E-state index in [0.29, 0.717) is 18.8 Å². The average molecular weight is 392 g/mol. The first-order chi connectivity index (χ1) is 14.0. The summed E-state index contributed by atoms with van der Waals surface area (Å²) in [5.41, 5.74) is 4.38. The third-order valence-corrected chi connectivity index (χ3v) is 5.62. The molecule has 150 valence electrons. The lowest BCUT2D eigenvalue weighted by molar-refractivity contribution is -0.121. The minimum atomic E-state index is -0.113. The Labute approximate surface area is 169 Å². The fraction of sp³-hybridized carbons (Fsp3) is 0.364. The van der Waals surface area contributed by atoms with Crippen molar-refractivity contribution in [3.05, 3.63) is 59.4 Å². The number of aryl methyl sites for hydroxylation is 2. The van der Waals surface area contributed by atoms with Crippen molar-refractivity contribution in [1.82, 2.24) is 20.2 Å². The molecule has 1 N–H and O–H groups in total. The van der Waals surface area contributed by atoms with Crippen LogP contribution in [0.5, 0.6) is 0 Å². The van der Waals surface area contributed by atoms with Crippen LogP contribution >= 0.6 is 0 Å². The molecule has 0 aliphatic carbocycles. The topological polar surface area (TPSA) is 88.3 Å². The number of furan rings is 1. The van der Waals surface area contributed by atoms with Gasteiger partial charge in [-0.25, -0.2) is 4.98 Å². The minimum Gasteiger partial charge on any atom is -0.464 e. The number of aromatic nitrogens is 2. The Balaban J connectivity index is 1.33. The van der Waals surface area contributed by atoms with E-state index in [9.17, 15) is 9.59 Å². The van der Waals surface area contributed by atoms with Gasteiger partial charge in [0.15, 0.2) is 0 Å². The van der Waals surface area contributed by atoms with E-state index in [1.165, 1.54) is 18.0 Å². The summed E-state index contributed by atoms with van der Waals surface area (Å²) in [7, 11) is 0. The molecule has 29 heavy (non-hydrogen) atoms. The highest BCUT2D eigenvalue weighted by molar-refractivity contribution is 5.92. The number of hydrogen-bond acceptors (Lipinski definition) is 5. The van der Waals surface area contributed by atoms with Gasteiger partial charge in [0.2, 0.25) is 5.91 Å². The Kier molecular flexibility index (Phi) is 5.29. The molecule has 1 aliphatic rings. The molecule has 1 fully saturated rings. The van der Waals surface area contributed by atoms with Crippen LogP contribution in [-0.4, -0.2) is 45.8 Å². The molecule has 7 heteroatoms. The number of nitrogens with zero attached hydrogens (tertiary/aromatic N) is 3. The van der Waals surface area contributed by atoms with Crippen LogP contribution in [0.2, 0.25) is 0 Å². The molecule has 1 aromatic carbocycles. The van der Waals surface area contributed by atoms with Crippen LogP contribution in [0.3, 0.4) is 0 Å². The van der Waals surface area contributed by atoms with Crippen LogP contribution in [0, 0.1) is 13.8 Å². The summed E-state index contributed by atoms with van der Waals surface area (Å²) >= 11 is 0. The predicted molar refractivity (Wildman–Crippen MR) is 108 cm³/mol. The normalized spacial score (nSPS) is 14.9. The van der Waals surface area contributed by atoms with E-state index in [1.807, 2.05) is 19.9 Å². The van der Waals surface area contributed by atoms with Gasteiger partial charge in [-0.1, -0.05) is 12.1 Å². The third kappa shape index (κ3) is 3.99. The lowest BCUT2D eigenvalue weighted by atomic mass is 10.0. The number of piperidine rings is 1. The van der Waals surface area contributed by atoms with Crippen LogP contribution in [0.25, 0.3) is 11.0 Å². The Morgan fingerprint density at radius 1 is 1.21 bits per heavy atom. The number of hydrogen-bond donors (Lipinski definition) is 1. The summed E-state index contributed by atoms with van der Waals surface area (Å²) in [6.45, 7) is 5.26. The zero-order valence-electron chi connectivity index (χ0n) is 16.6. The zero-order valence-corrected chi connectivity index (χ0v) is 16.6. The minimum absolute atomic E-state index is 0.0235. The van der Waals surface area contributed by atoms with Gasteiger partial charge in [-0.3, -0.25) is 14.6 Å². The Bertz CT molecular complexity index is 1040. The second-order valence-electron chi connectivity index (χ2n) is 7.55. The van der Waals surface area contributed by atoms with E-state index in [-0.39, 0.29) is 24.3 Å². The molecule has 1 saturated heterocycles. The van der Waals surface area contributed by atoms with Gasteiger partial charge in [0.1, 0.15) is 11.3 Å². The van der Waals surface area contributed by atoms with E-state index in [1.54, 1.807) is 17.4 Å². The highest BCUT2D eigenvalue weighted by Crippen LogP contribution is 2.26. The zero-order chi connectivity index (χ0) is 20.4. The number of carbonyl (C=O) groups is 2. The summed E-state index contributed by atoms with van der Waals surface area (Å²) in [6.07, 6.45) is 7.96. The number of benzene rings is 1. The number of likely N-dealkylation sites (tertiary alicyclic amines) is 1. The Morgan fingerprint density at radius 2 is 2.00 bits per heavy atom. The molecule has 0 bridgehead atoms. The third-order valence-electron chi connectivity index (χ3n) is 5.62. The fourth-order valence-electron chi connectivity index (χ4n) is 3.78. The van der Waals surface area contributed by atoms with E-state index in [0.717, 1.165) is 34.9 Å². The molecule has 2 aromatic heterocycles. The molecule has 7 nitrogen and oxygen atoms in total. The SMILES string of the molecule is Cc1ccc2c(CC(=O)NC3CCN(C(=O)c4cnccn4)CC3)coc2c1C. The van der Waals surface area contributed by atoms with Crippen LogP contribution in [-0.2, 0) is 11.2 Å². The van der Waals surface area contributed by atoms with Gasteiger partial charge in [-0.05, 0) is 37.8 Å². The van der Waals surface area contributed by atoms with Crippen LogP contribution < -0.4 is 5.32 Å². The van der Waals surface area contributed by atoms with Crippen molar-refractivity contribution in [2.24, 2.45) is 0 Å². The van der Waals surface area contributed by atoms with Crippen molar-refractivity contribution in [1.29, 1.82) is 0 Å².